The lowest BCUT2D eigenvalue weighted by atomic mass is 10.4. The molecule has 1 aliphatic rings. The van der Waals surface area contributed by atoms with Crippen LogP contribution in [0, 0.1) is 0 Å². The van der Waals surface area contributed by atoms with Crippen LogP contribution in [0.15, 0.2) is 35.2 Å². The summed E-state index contributed by atoms with van der Waals surface area (Å²) in [7, 11) is -2.41. The van der Waals surface area contributed by atoms with Gasteiger partial charge in [-0.2, -0.15) is 4.72 Å². The summed E-state index contributed by atoms with van der Waals surface area (Å²) in [4.78, 5) is 36.2. The predicted molar refractivity (Wildman–Crippen MR) is 91.4 cm³/mol. The van der Waals surface area contributed by atoms with Gasteiger partial charge in [0.2, 0.25) is 15.9 Å². The first-order valence-corrected chi connectivity index (χ1v) is 9.50. The minimum absolute atomic E-state index is 0.0188. The van der Waals surface area contributed by atoms with Crippen molar-refractivity contribution in [2.24, 2.45) is 0 Å². The van der Waals surface area contributed by atoms with Gasteiger partial charge >= 0.3 is 5.97 Å². The van der Waals surface area contributed by atoms with Gasteiger partial charge in [-0.05, 0) is 25.0 Å². The van der Waals surface area contributed by atoms with Crippen LogP contribution < -0.4 is 10.0 Å². The number of amides is 2. The lowest BCUT2D eigenvalue weighted by Crippen LogP contribution is -2.41. The number of sulfonamides is 1. The molecule has 1 aromatic rings. The smallest absolute Gasteiger partial charge is 0.321 e. The summed E-state index contributed by atoms with van der Waals surface area (Å²) in [6.45, 7) is -1.30. The van der Waals surface area contributed by atoms with Gasteiger partial charge in [-0.1, -0.05) is 18.2 Å². The van der Waals surface area contributed by atoms with E-state index < -0.39 is 35.1 Å². The van der Waals surface area contributed by atoms with E-state index in [0.717, 1.165) is 17.7 Å². The first kappa shape index (κ1) is 19.9. The van der Waals surface area contributed by atoms with Crippen LogP contribution in [-0.4, -0.2) is 63.9 Å². The number of rotatable bonds is 9. The topological polar surface area (TPSA) is 122 Å². The molecule has 1 aliphatic carbocycles. The lowest BCUT2D eigenvalue weighted by molar-refractivity contribution is -0.151. The van der Waals surface area contributed by atoms with Gasteiger partial charge in [-0.3, -0.25) is 14.4 Å². The van der Waals surface area contributed by atoms with Gasteiger partial charge in [0.15, 0.2) is 6.61 Å². The Kier molecular flexibility index (Phi) is 6.70. The number of carbonyl (C=O) groups is 3. The van der Waals surface area contributed by atoms with E-state index in [1.54, 1.807) is 18.2 Å². The zero-order valence-corrected chi connectivity index (χ0v) is 15.1. The SMILES string of the molecule is CN(CC(=O)NC1CC1)C(=O)COC(=O)CNS(=O)(=O)c1ccccc1. The van der Waals surface area contributed by atoms with Gasteiger partial charge < -0.3 is 15.0 Å². The number of hydrogen-bond donors (Lipinski definition) is 2. The van der Waals surface area contributed by atoms with Gasteiger partial charge in [-0.25, -0.2) is 8.42 Å². The van der Waals surface area contributed by atoms with Crippen LogP contribution in [0.25, 0.3) is 0 Å². The summed E-state index contributed by atoms with van der Waals surface area (Å²) in [6.07, 6.45) is 1.89. The molecule has 0 atom stereocenters. The molecule has 1 aromatic carbocycles. The maximum absolute atomic E-state index is 12.0. The third-order valence-corrected chi connectivity index (χ3v) is 4.98. The van der Waals surface area contributed by atoms with Crippen LogP contribution in [0.4, 0.5) is 0 Å². The summed E-state index contributed by atoms with van der Waals surface area (Å²) in [5.41, 5.74) is 0. The third kappa shape index (κ3) is 6.45. The molecule has 0 aliphatic heterocycles. The number of esters is 1. The second-order valence-electron chi connectivity index (χ2n) is 5.89. The normalized spacial score (nSPS) is 13.7. The van der Waals surface area contributed by atoms with Crippen molar-refractivity contribution in [3.63, 3.8) is 0 Å². The quantitative estimate of drug-likeness (QED) is 0.541. The van der Waals surface area contributed by atoms with E-state index >= 15 is 0 Å². The van der Waals surface area contributed by atoms with Crippen LogP contribution >= 0.6 is 0 Å². The predicted octanol–water partition coefficient (Wildman–Crippen LogP) is -0.755. The minimum Gasteiger partial charge on any atom is -0.455 e. The fourth-order valence-electron chi connectivity index (χ4n) is 1.94. The molecule has 0 bridgehead atoms. The largest absolute Gasteiger partial charge is 0.455 e. The molecule has 9 nitrogen and oxygen atoms in total. The van der Waals surface area contributed by atoms with Crippen molar-refractivity contribution < 1.29 is 27.5 Å². The summed E-state index contributed by atoms with van der Waals surface area (Å²) in [5, 5.41) is 2.74. The first-order chi connectivity index (χ1) is 12.3. The monoisotopic (exact) mass is 383 g/mol. The van der Waals surface area contributed by atoms with Crippen molar-refractivity contribution in [1.29, 1.82) is 0 Å². The standard InChI is InChI=1S/C16H21N3O6S/c1-19(10-14(20)18-12-7-8-12)15(21)11-25-16(22)9-17-26(23,24)13-5-3-2-4-6-13/h2-6,12,17H,7-11H2,1H3,(H,18,20). The van der Waals surface area contributed by atoms with Crippen molar-refractivity contribution in [2.75, 3.05) is 26.7 Å². The zero-order valence-electron chi connectivity index (χ0n) is 14.3. The molecular formula is C16H21N3O6S. The van der Waals surface area contributed by atoms with Crippen LogP contribution in [0.5, 0.6) is 0 Å². The van der Waals surface area contributed by atoms with Crippen LogP contribution in [0.3, 0.4) is 0 Å². The van der Waals surface area contributed by atoms with Gasteiger partial charge in [-0.15, -0.1) is 0 Å². The van der Waals surface area contributed by atoms with E-state index in [1.807, 2.05) is 0 Å². The van der Waals surface area contributed by atoms with Crippen molar-refractivity contribution in [2.45, 2.75) is 23.8 Å². The molecule has 2 rings (SSSR count). The number of nitrogens with zero attached hydrogens (tertiary/aromatic N) is 1. The number of likely N-dealkylation sites (N-methyl/N-ethyl adjacent to an activating group) is 1. The van der Waals surface area contributed by atoms with Crippen molar-refractivity contribution in [3.05, 3.63) is 30.3 Å². The lowest BCUT2D eigenvalue weighted by Gasteiger charge is -2.16. The van der Waals surface area contributed by atoms with Gasteiger partial charge in [0.25, 0.3) is 5.91 Å². The summed E-state index contributed by atoms with van der Waals surface area (Å²) < 4.78 is 30.8. The summed E-state index contributed by atoms with van der Waals surface area (Å²) in [6, 6.07) is 7.75. The Morgan fingerprint density at radius 1 is 1.19 bits per heavy atom. The maximum Gasteiger partial charge on any atom is 0.321 e. The molecule has 0 heterocycles. The number of nitrogens with one attached hydrogen (secondary N) is 2. The van der Waals surface area contributed by atoms with E-state index in [1.165, 1.54) is 19.2 Å². The molecule has 0 radical (unpaired) electrons. The molecule has 1 fully saturated rings. The highest BCUT2D eigenvalue weighted by atomic mass is 32.2. The second-order valence-corrected chi connectivity index (χ2v) is 7.66. The Morgan fingerprint density at radius 3 is 2.46 bits per heavy atom. The average molecular weight is 383 g/mol. The van der Waals surface area contributed by atoms with Crippen LogP contribution in [-0.2, 0) is 29.1 Å². The molecule has 0 aromatic heterocycles. The first-order valence-electron chi connectivity index (χ1n) is 8.01. The molecule has 2 amide bonds. The Labute approximate surface area is 151 Å². The number of hydrogen-bond acceptors (Lipinski definition) is 6. The fourth-order valence-corrected chi connectivity index (χ4v) is 2.93. The number of benzene rings is 1. The molecular weight excluding hydrogens is 362 g/mol. The molecule has 10 heteroatoms. The summed E-state index contributed by atoms with van der Waals surface area (Å²) in [5.74, 6) is -1.73. The molecule has 0 unspecified atom stereocenters. The van der Waals surface area contributed by atoms with Gasteiger partial charge in [0, 0.05) is 13.1 Å². The minimum atomic E-state index is -3.83. The Balaban J connectivity index is 1.70. The fraction of sp³-hybridized carbons (Fsp3) is 0.438. The van der Waals surface area contributed by atoms with Crippen molar-refractivity contribution in [3.8, 4) is 0 Å². The van der Waals surface area contributed by atoms with Crippen molar-refractivity contribution in [1.82, 2.24) is 14.9 Å². The molecule has 2 N–H and O–H groups in total. The highest BCUT2D eigenvalue weighted by Gasteiger charge is 2.24. The van der Waals surface area contributed by atoms with E-state index in [4.69, 9.17) is 4.74 Å². The van der Waals surface area contributed by atoms with Crippen LogP contribution in [0.1, 0.15) is 12.8 Å². The third-order valence-electron chi connectivity index (χ3n) is 3.57. The highest BCUT2D eigenvalue weighted by Crippen LogP contribution is 2.18. The number of carbonyl (C=O) groups excluding carboxylic acids is 3. The second kappa shape index (κ2) is 8.77. The van der Waals surface area contributed by atoms with E-state index in [-0.39, 0.29) is 23.4 Å². The van der Waals surface area contributed by atoms with Crippen LogP contribution in [0.2, 0.25) is 0 Å². The average Bonchev–Trinajstić information content (AvgIpc) is 3.42. The highest BCUT2D eigenvalue weighted by molar-refractivity contribution is 7.89. The molecule has 1 saturated carbocycles. The molecule has 26 heavy (non-hydrogen) atoms. The van der Waals surface area contributed by atoms with E-state index in [0.29, 0.717) is 0 Å². The molecule has 0 saturated heterocycles. The van der Waals surface area contributed by atoms with E-state index in [9.17, 15) is 22.8 Å². The molecule has 142 valence electrons. The molecule has 0 spiro atoms. The Bertz CT molecular complexity index is 761. The maximum atomic E-state index is 12.0. The summed E-state index contributed by atoms with van der Waals surface area (Å²) >= 11 is 0. The Morgan fingerprint density at radius 2 is 1.85 bits per heavy atom. The van der Waals surface area contributed by atoms with Gasteiger partial charge in [0.05, 0.1) is 11.4 Å². The van der Waals surface area contributed by atoms with E-state index in [2.05, 4.69) is 10.0 Å². The van der Waals surface area contributed by atoms with Gasteiger partial charge in [0.1, 0.15) is 6.54 Å². The number of ether oxygens (including phenoxy) is 1. The Hall–Kier alpha value is -2.46. The zero-order chi connectivity index (χ0) is 19.2. The van der Waals surface area contributed by atoms with Crippen molar-refractivity contribution >= 4 is 27.8 Å².